The number of hydrogen-bond acceptors (Lipinski definition) is 3. The van der Waals surface area contributed by atoms with E-state index in [1.165, 1.54) is 6.33 Å². The van der Waals surface area contributed by atoms with Crippen LogP contribution in [0.25, 0.3) is 10.9 Å². The van der Waals surface area contributed by atoms with Crippen LogP contribution >= 0.6 is 0 Å². The van der Waals surface area contributed by atoms with Gasteiger partial charge >= 0.3 is 0 Å². The Balaban J connectivity index is 2.75. The molecule has 0 fully saturated rings. The van der Waals surface area contributed by atoms with E-state index in [2.05, 4.69) is 28.8 Å². The molecule has 0 atom stereocenters. The van der Waals surface area contributed by atoms with Crippen LogP contribution < -0.4 is 5.73 Å². The molecule has 2 rings (SSSR count). The minimum Gasteiger partial charge on any atom is -0.383 e. The first-order chi connectivity index (χ1) is 6.20. The van der Waals surface area contributed by atoms with Gasteiger partial charge in [0.05, 0.1) is 10.9 Å². The van der Waals surface area contributed by atoms with Crippen LogP contribution in [0.3, 0.4) is 0 Å². The highest BCUT2D eigenvalue weighted by Crippen LogP contribution is 2.24. The van der Waals surface area contributed by atoms with Crippen molar-refractivity contribution in [3.8, 4) is 0 Å². The van der Waals surface area contributed by atoms with Crippen molar-refractivity contribution in [2.75, 3.05) is 5.73 Å². The van der Waals surface area contributed by atoms with Gasteiger partial charge in [0.1, 0.15) is 12.1 Å². The standard InChI is InChI=1S/C9H12N4/c1-5(2)7-8-6(3-11-7)9(10)13-4-12-8/h3-5,11H,1-2H3,(H2,10,12,13). The van der Waals surface area contributed by atoms with Crippen molar-refractivity contribution in [1.29, 1.82) is 0 Å². The van der Waals surface area contributed by atoms with E-state index in [1.807, 2.05) is 6.20 Å². The normalized spacial score (nSPS) is 11.3. The van der Waals surface area contributed by atoms with E-state index in [1.54, 1.807) is 0 Å². The van der Waals surface area contributed by atoms with Crippen LogP contribution in [0.5, 0.6) is 0 Å². The van der Waals surface area contributed by atoms with E-state index in [4.69, 9.17) is 5.73 Å². The van der Waals surface area contributed by atoms with Crippen LogP contribution in [-0.2, 0) is 0 Å². The summed E-state index contributed by atoms with van der Waals surface area (Å²) >= 11 is 0. The lowest BCUT2D eigenvalue weighted by Crippen LogP contribution is -1.93. The van der Waals surface area contributed by atoms with Gasteiger partial charge in [-0.1, -0.05) is 13.8 Å². The fourth-order valence-corrected chi connectivity index (χ4v) is 1.42. The molecule has 0 aromatic carbocycles. The van der Waals surface area contributed by atoms with Crippen molar-refractivity contribution >= 4 is 16.7 Å². The first kappa shape index (κ1) is 8.04. The molecule has 0 unspecified atom stereocenters. The highest BCUT2D eigenvalue weighted by Gasteiger charge is 2.10. The van der Waals surface area contributed by atoms with E-state index in [9.17, 15) is 0 Å². The van der Waals surface area contributed by atoms with Gasteiger partial charge in [-0.2, -0.15) is 0 Å². The predicted molar refractivity (Wildman–Crippen MR) is 52.4 cm³/mol. The van der Waals surface area contributed by atoms with Gasteiger partial charge in [0.15, 0.2) is 0 Å². The van der Waals surface area contributed by atoms with Gasteiger partial charge < -0.3 is 10.7 Å². The van der Waals surface area contributed by atoms with Crippen molar-refractivity contribution in [2.45, 2.75) is 19.8 Å². The third kappa shape index (κ3) is 1.14. The number of rotatable bonds is 1. The lowest BCUT2D eigenvalue weighted by molar-refractivity contribution is 0.837. The second kappa shape index (κ2) is 2.73. The van der Waals surface area contributed by atoms with Crippen molar-refractivity contribution in [3.63, 3.8) is 0 Å². The number of nitrogen functional groups attached to an aromatic ring is 1. The molecule has 2 aromatic rings. The van der Waals surface area contributed by atoms with Gasteiger partial charge in [0.25, 0.3) is 0 Å². The molecule has 0 aliphatic rings. The third-order valence-electron chi connectivity index (χ3n) is 2.12. The van der Waals surface area contributed by atoms with Gasteiger partial charge in [-0.05, 0) is 5.92 Å². The quantitative estimate of drug-likeness (QED) is 0.694. The number of nitrogens with two attached hydrogens (primary N) is 1. The fraction of sp³-hybridized carbons (Fsp3) is 0.333. The molecule has 0 amide bonds. The molecule has 4 heteroatoms. The summed E-state index contributed by atoms with van der Waals surface area (Å²) in [6.45, 7) is 4.23. The molecule has 0 aliphatic carbocycles. The van der Waals surface area contributed by atoms with Crippen molar-refractivity contribution in [2.24, 2.45) is 0 Å². The Morgan fingerprint density at radius 2 is 2.15 bits per heavy atom. The van der Waals surface area contributed by atoms with Crippen LogP contribution in [0.4, 0.5) is 5.82 Å². The summed E-state index contributed by atoms with van der Waals surface area (Å²) < 4.78 is 0. The van der Waals surface area contributed by atoms with E-state index in [0.29, 0.717) is 11.7 Å². The first-order valence-electron chi connectivity index (χ1n) is 4.27. The SMILES string of the molecule is CC(C)c1[nH]cc2c(N)ncnc12. The largest absolute Gasteiger partial charge is 0.383 e. The molecule has 0 bridgehead atoms. The molecule has 0 saturated heterocycles. The zero-order valence-electron chi connectivity index (χ0n) is 7.70. The summed E-state index contributed by atoms with van der Waals surface area (Å²) in [5.41, 5.74) is 7.75. The summed E-state index contributed by atoms with van der Waals surface area (Å²) in [5.74, 6) is 0.958. The average molecular weight is 176 g/mol. The molecule has 0 radical (unpaired) electrons. The maximum absolute atomic E-state index is 5.70. The zero-order valence-corrected chi connectivity index (χ0v) is 7.70. The van der Waals surface area contributed by atoms with E-state index < -0.39 is 0 Å². The molecular weight excluding hydrogens is 164 g/mol. The summed E-state index contributed by atoms with van der Waals surface area (Å²) in [6.07, 6.45) is 3.36. The van der Waals surface area contributed by atoms with E-state index >= 15 is 0 Å². The number of aromatic amines is 1. The number of nitrogens with one attached hydrogen (secondary N) is 1. The van der Waals surface area contributed by atoms with Crippen LogP contribution in [0.15, 0.2) is 12.5 Å². The van der Waals surface area contributed by atoms with Crippen LogP contribution in [-0.4, -0.2) is 15.0 Å². The lowest BCUT2D eigenvalue weighted by Gasteiger charge is -2.01. The maximum Gasteiger partial charge on any atom is 0.136 e. The number of aromatic nitrogens is 3. The van der Waals surface area contributed by atoms with Crippen LogP contribution in [0, 0.1) is 0 Å². The highest BCUT2D eigenvalue weighted by atomic mass is 14.9. The molecule has 4 nitrogen and oxygen atoms in total. The Hall–Kier alpha value is -1.58. The molecule has 0 saturated carbocycles. The maximum atomic E-state index is 5.70. The third-order valence-corrected chi connectivity index (χ3v) is 2.12. The Bertz CT molecular complexity index is 430. The Morgan fingerprint density at radius 3 is 2.85 bits per heavy atom. The van der Waals surface area contributed by atoms with Gasteiger partial charge in [-0.3, -0.25) is 0 Å². The van der Waals surface area contributed by atoms with E-state index in [0.717, 1.165) is 16.6 Å². The fourth-order valence-electron chi connectivity index (χ4n) is 1.42. The van der Waals surface area contributed by atoms with Gasteiger partial charge in [-0.15, -0.1) is 0 Å². The Morgan fingerprint density at radius 1 is 1.38 bits per heavy atom. The molecule has 13 heavy (non-hydrogen) atoms. The topological polar surface area (TPSA) is 67.6 Å². The van der Waals surface area contributed by atoms with Crippen LogP contribution in [0.1, 0.15) is 25.5 Å². The summed E-state index contributed by atoms with van der Waals surface area (Å²) in [4.78, 5) is 11.3. The molecule has 2 aromatic heterocycles. The number of hydrogen-bond donors (Lipinski definition) is 2. The Labute approximate surface area is 76.2 Å². The smallest absolute Gasteiger partial charge is 0.136 e. The minimum atomic E-state index is 0.423. The zero-order chi connectivity index (χ0) is 9.42. The Kier molecular flexibility index (Phi) is 1.69. The first-order valence-corrected chi connectivity index (χ1v) is 4.27. The van der Waals surface area contributed by atoms with Gasteiger partial charge in [-0.25, -0.2) is 9.97 Å². The molecule has 68 valence electrons. The molecule has 0 aliphatic heterocycles. The minimum absolute atomic E-state index is 0.423. The highest BCUT2D eigenvalue weighted by molar-refractivity contribution is 5.89. The second-order valence-electron chi connectivity index (χ2n) is 3.38. The number of anilines is 1. The summed E-state index contributed by atoms with van der Waals surface area (Å²) in [5, 5.41) is 0.909. The molecule has 2 heterocycles. The average Bonchev–Trinajstić information content (AvgIpc) is 2.48. The number of fused-ring (bicyclic) bond motifs is 1. The predicted octanol–water partition coefficient (Wildman–Crippen LogP) is 1.66. The molecule has 3 N–H and O–H groups in total. The van der Waals surface area contributed by atoms with Crippen molar-refractivity contribution in [3.05, 3.63) is 18.2 Å². The van der Waals surface area contributed by atoms with Gasteiger partial charge in [0.2, 0.25) is 0 Å². The van der Waals surface area contributed by atoms with Crippen LogP contribution in [0.2, 0.25) is 0 Å². The van der Waals surface area contributed by atoms with Crippen molar-refractivity contribution in [1.82, 2.24) is 15.0 Å². The monoisotopic (exact) mass is 176 g/mol. The van der Waals surface area contributed by atoms with E-state index in [-0.39, 0.29) is 0 Å². The number of H-pyrrole nitrogens is 1. The second-order valence-corrected chi connectivity index (χ2v) is 3.38. The van der Waals surface area contributed by atoms with Gasteiger partial charge in [0, 0.05) is 11.9 Å². The summed E-state index contributed by atoms with van der Waals surface area (Å²) in [7, 11) is 0. The van der Waals surface area contributed by atoms with Crippen molar-refractivity contribution < 1.29 is 0 Å². The molecular formula is C9H12N4. The number of nitrogens with zero attached hydrogens (tertiary/aromatic N) is 2. The lowest BCUT2D eigenvalue weighted by atomic mass is 10.1. The summed E-state index contributed by atoms with van der Waals surface area (Å²) in [6, 6.07) is 0. The molecule has 0 spiro atoms.